The van der Waals surface area contributed by atoms with Gasteiger partial charge >= 0.3 is 0 Å². The molecular weight excluding hydrogens is 683 g/mol. The van der Waals surface area contributed by atoms with Crippen LogP contribution in [0.5, 0.6) is 0 Å². The molecule has 0 radical (unpaired) electrons. The molecule has 0 amide bonds. The van der Waals surface area contributed by atoms with Crippen molar-refractivity contribution in [1.82, 2.24) is 14.5 Å². The van der Waals surface area contributed by atoms with Gasteiger partial charge in [-0.1, -0.05) is 152 Å². The van der Waals surface area contributed by atoms with E-state index in [0.717, 1.165) is 74.3 Å². The topological polar surface area (TPSA) is 43.9 Å². The first kappa shape index (κ1) is 31.1. The lowest BCUT2D eigenvalue weighted by molar-refractivity contribution is 0.545. The predicted molar refractivity (Wildman–Crippen MR) is 231 cm³/mol. The lowest BCUT2D eigenvalue weighted by Gasteiger charge is -2.17. The zero-order valence-electron chi connectivity index (χ0n) is 30.4. The predicted octanol–water partition coefficient (Wildman–Crippen LogP) is 13.5. The molecule has 11 aromatic rings. The van der Waals surface area contributed by atoms with Crippen LogP contribution in [0.25, 0.3) is 99.0 Å². The molecule has 262 valence electrons. The highest BCUT2D eigenvalue weighted by Crippen LogP contribution is 2.46. The number of rotatable bonds is 4. The quantitative estimate of drug-likeness (QED) is 0.182. The number of hydrogen-bond donors (Lipinski definition) is 0. The molecule has 56 heavy (non-hydrogen) atoms. The Labute approximate surface area is 322 Å². The third kappa shape index (κ3) is 4.59. The van der Waals surface area contributed by atoms with E-state index in [0.29, 0.717) is 5.82 Å². The zero-order chi connectivity index (χ0) is 36.7. The summed E-state index contributed by atoms with van der Waals surface area (Å²) in [4.78, 5) is 10.4. The van der Waals surface area contributed by atoms with Crippen molar-refractivity contribution in [3.8, 4) is 28.3 Å². The second kappa shape index (κ2) is 12.1. The molecule has 1 aliphatic rings. The lowest BCUT2D eigenvalue weighted by atomic mass is 9.89. The van der Waals surface area contributed by atoms with Crippen LogP contribution in [-0.2, 0) is 6.42 Å². The first-order valence-corrected chi connectivity index (χ1v) is 19.3. The van der Waals surface area contributed by atoms with E-state index in [4.69, 9.17) is 14.4 Å². The highest BCUT2D eigenvalue weighted by molar-refractivity contribution is 6.29. The molecule has 0 N–H and O–H groups in total. The molecule has 0 fully saturated rings. The van der Waals surface area contributed by atoms with Crippen LogP contribution in [0, 0.1) is 0 Å². The lowest BCUT2D eigenvalue weighted by Crippen LogP contribution is -2.03. The average Bonchev–Trinajstić information content (AvgIpc) is 3.83. The molecule has 4 heteroatoms. The van der Waals surface area contributed by atoms with Gasteiger partial charge in [-0.3, -0.25) is 0 Å². The summed E-state index contributed by atoms with van der Waals surface area (Å²) in [5, 5.41) is 11.0. The summed E-state index contributed by atoms with van der Waals surface area (Å²) >= 11 is 0. The van der Waals surface area contributed by atoms with Gasteiger partial charge in [0.2, 0.25) is 0 Å². The Bertz CT molecular complexity index is 3260. The Morgan fingerprint density at radius 2 is 1.05 bits per heavy atom. The molecule has 0 atom stereocenters. The molecule has 3 heterocycles. The van der Waals surface area contributed by atoms with Gasteiger partial charge in [0.25, 0.3) is 0 Å². The van der Waals surface area contributed by atoms with Crippen LogP contribution < -0.4 is 0 Å². The molecule has 1 aliphatic carbocycles. The number of aryl methyl sites for hydroxylation is 1. The van der Waals surface area contributed by atoms with Crippen molar-refractivity contribution >= 4 is 70.7 Å². The van der Waals surface area contributed by atoms with Gasteiger partial charge in [0, 0.05) is 56.3 Å². The summed E-state index contributed by atoms with van der Waals surface area (Å²) in [5.41, 5.74) is 10.4. The fraction of sp³-hybridized carbons (Fsp3) is 0.0385. The minimum absolute atomic E-state index is 0.710. The highest BCUT2D eigenvalue weighted by atomic mass is 16.3. The Hall–Kier alpha value is -7.30. The largest absolute Gasteiger partial charge is 0.460 e. The molecule has 0 aliphatic heterocycles. The first-order chi connectivity index (χ1) is 27.8. The molecule has 0 saturated heterocycles. The molecule has 8 aromatic carbocycles. The van der Waals surface area contributed by atoms with Gasteiger partial charge in [-0.2, -0.15) is 0 Å². The standard InChI is InChI=1S/C52H33N3O/c1-3-16-34(17-4-1)41-30-42(54-52(53-41)35-18-5-2-6-19-35)40-24-13-25-46-51(40)50-39-23-12-11-22-38(39)45(31-47(50)56-46)55-43-28-26-32-14-7-9-20-36(32)48(43)49-37-21-10-8-15-33(37)27-29-44(49)55/h1-12,14-24,26-31H,13,25H2. The van der Waals surface area contributed by atoms with Crippen LogP contribution in [0.4, 0.5) is 0 Å². The van der Waals surface area contributed by atoms with E-state index in [1.165, 1.54) is 48.7 Å². The number of nitrogens with zero attached hydrogens (tertiary/aromatic N) is 3. The Morgan fingerprint density at radius 3 is 1.73 bits per heavy atom. The molecule has 0 saturated carbocycles. The average molecular weight is 716 g/mol. The van der Waals surface area contributed by atoms with Gasteiger partial charge in [0.1, 0.15) is 11.3 Å². The molecule has 3 aromatic heterocycles. The van der Waals surface area contributed by atoms with Gasteiger partial charge in [0.15, 0.2) is 5.82 Å². The van der Waals surface area contributed by atoms with Crippen LogP contribution in [0.3, 0.4) is 0 Å². The second-order valence-electron chi connectivity index (χ2n) is 14.8. The number of fused-ring (bicyclic) bond motifs is 12. The Balaban J connectivity index is 1.14. The maximum Gasteiger partial charge on any atom is 0.160 e. The van der Waals surface area contributed by atoms with Crippen molar-refractivity contribution in [3.63, 3.8) is 0 Å². The maximum absolute atomic E-state index is 6.99. The third-order valence-electron chi connectivity index (χ3n) is 11.6. The van der Waals surface area contributed by atoms with Gasteiger partial charge in [-0.15, -0.1) is 0 Å². The van der Waals surface area contributed by atoms with E-state index in [1.54, 1.807) is 0 Å². The van der Waals surface area contributed by atoms with E-state index in [1.807, 2.05) is 24.3 Å². The second-order valence-corrected chi connectivity index (χ2v) is 14.8. The molecular formula is C52H33N3O. The highest BCUT2D eigenvalue weighted by Gasteiger charge is 2.27. The summed E-state index contributed by atoms with van der Waals surface area (Å²) in [6, 6.07) is 60.5. The van der Waals surface area contributed by atoms with Crippen molar-refractivity contribution in [2.75, 3.05) is 0 Å². The number of furan rings is 1. The number of allylic oxidation sites excluding steroid dienone is 1. The van der Waals surface area contributed by atoms with Crippen LogP contribution >= 0.6 is 0 Å². The normalized spacial score (nSPS) is 13.0. The van der Waals surface area contributed by atoms with Crippen molar-refractivity contribution in [2.24, 2.45) is 0 Å². The molecule has 0 bridgehead atoms. The van der Waals surface area contributed by atoms with Crippen molar-refractivity contribution in [1.29, 1.82) is 0 Å². The first-order valence-electron chi connectivity index (χ1n) is 19.3. The number of benzene rings is 8. The Kier molecular flexibility index (Phi) is 6.72. The molecule has 0 spiro atoms. The van der Waals surface area contributed by atoms with Crippen molar-refractivity contribution in [3.05, 3.63) is 193 Å². The maximum atomic E-state index is 6.99. The summed E-state index contributed by atoms with van der Waals surface area (Å²) in [6.45, 7) is 0. The van der Waals surface area contributed by atoms with Gasteiger partial charge in [-0.05, 0) is 51.6 Å². The van der Waals surface area contributed by atoms with E-state index < -0.39 is 0 Å². The summed E-state index contributed by atoms with van der Waals surface area (Å²) in [5.74, 6) is 1.71. The van der Waals surface area contributed by atoms with E-state index in [9.17, 15) is 0 Å². The number of hydrogen-bond acceptors (Lipinski definition) is 3. The van der Waals surface area contributed by atoms with Crippen LogP contribution in [0.1, 0.15) is 23.4 Å². The minimum Gasteiger partial charge on any atom is -0.460 e. The van der Waals surface area contributed by atoms with Gasteiger partial charge < -0.3 is 8.98 Å². The monoisotopic (exact) mass is 715 g/mol. The third-order valence-corrected chi connectivity index (χ3v) is 11.6. The Morgan fingerprint density at radius 1 is 0.482 bits per heavy atom. The fourth-order valence-electron chi connectivity index (χ4n) is 9.19. The zero-order valence-corrected chi connectivity index (χ0v) is 30.4. The smallest absolute Gasteiger partial charge is 0.160 e. The molecule has 0 unspecified atom stereocenters. The minimum atomic E-state index is 0.710. The number of aromatic nitrogens is 3. The molecule has 4 nitrogen and oxygen atoms in total. The van der Waals surface area contributed by atoms with Crippen molar-refractivity contribution < 1.29 is 4.42 Å². The van der Waals surface area contributed by atoms with E-state index in [-0.39, 0.29) is 0 Å². The summed E-state index contributed by atoms with van der Waals surface area (Å²) in [6.07, 6.45) is 4.03. The summed E-state index contributed by atoms with van der Waals surface area (Å²) < 4.78 is 9.45. The molecule has 12 rings (SSSR count). The van der Waals surface area contributed by atoms with E-state index >= 15 is 0 Å². The van der Waals surface area contributed by atoms with Gasteiger partial charge in [0.05, 0.1) is 28.1 Å². The van der Waals surface area contributed by atoms with Crippen LogP contribution in [0.2, 0.25) is 0 Å². The van der Waals surface area contributed by atoms with Gasteiger partial charge in [-0.25, -0.2) is 9.97 Å². The van der Waals surface area contributed by atoms with Crippen LogP contribution in [-0.4, -0.2) is 14.5 Å². The summed E-state index contributed by atoms with van der Waals surface area (Å²) in [7, 11) is 0. The SMILES string of the molecule is C1=C(c2cc(-c3ccccc3)nc(-c3ccccc3)n2)c2c(oc3cc(-n4c5ccc6ccccc6c5c5c6ccccc6ccc54)c4ccccc4c23)CC1. The van der Waals surface area contributed by atoms with Crippen LogP contribution in [0.15, 0.2) is 180 Å². The van der Waals surface area contributed by atoms with E-state index in [2.05, 4.69) is 156 Å². The van der Waals surface area contributed by atoms with Crippen molar-refractivity contribution in [2.45, 2.75) is 12.8 Å². The fourth-order valence-corrected chi connectivity index (χ4v) is 9.19.